The number of aryl methyl sites for hydroxylation is 3. The van der Waals surface area contributed by atoms with Gasteiger partial charge in [0.05, 0.1) is 30.1 Å². The van der Waals surface area contributed by atoms with Crippen LogP contribution in [0.3, 0.4) is 0 Å². The molecule has 7 rings (SSSR count). The number of aromatic carboxylic acids is 1. The lowest BCUT2D eigenvalue weighted by atomic mass is 9.96. The number of rotatable bonds is 8. The Morgan fingerprint density at radius 2 is 1.86 bits per heavy atom. The number of para-hydroxylation sites is 1. The van der Waals surface area contributed by atoms with Crippen molar-refractivity contribution in [1.29, 1.82) is 0 Å². The normalized spacial score (nSPS) is 15.5. The summed E-state index contributed by atoms with van der Waals surface area (Å²) in [5.41, 5.74) is 6.77. The van der Waals surface area contributed by atoms with Crippen LogP contribution >= 0.6 is 0 Å². The zero-order valence-electron chi connectivity index (χ0n) is 24.1. The fourth-order valence-corrected chi connectivity index (χ4v) is 6.66. The van der Waals surface area contributed by atoms with Crippen molar-refractivity contribution in [3.63, 3.8) is 0 Å². The Morgan fingerprint density at radius 1 is 1.05 bits per heavy atom. The van der Waals surface area contributed by atoms with Crippen LogP contribution in [0.15, 0.2) is 60.7 Å². The van der Waals surface area contributed by atoms with Crippen molar-refractivity contribution < 1.29 is 19.4 Å². The number of carbonyl (C=O) groups is 1. The third kappa shape index (κ3) is 4.75. The van der Waals surface area contributed by atoms with Gasteiger partial charge in [0.2, 0.25) is 0 Å². The summed E-state index contributed by atoms with van der Waals surface area (Å²) in [6.45, 7) is 5.22. The van der Waals surface area contributed by atoms with E-state index in [2.05, 4.69) is 52.6 Å². The molecule has 1 N–H and O–H groups in total. The first-order valence-electron chi connectivity index (χ1n) is 15.3. The topological polar surface area (TPSA) is 78.5 Å². The Labute approximate surface area is 245 Å². The van der Waals surface area contributed by atoms with E-state index in [4.69, 9.17) is 14.6 Å². The second-order valence-electron chi connectivity index (χ2n) is 11.5. The van der Waals surface area contributed by atoms with Gasteiger partial charge in [0.15, 0.2) is 0 Å². The van der Waals surface area contributed by atoms with Gasteiger partial charge in [-0.1, -0.05) is 54.6 Å². The Bertz CT molecular complexity index is 1770. The molecule has 2 aromatic heterocycles. The number of nitrogens with zero attached hydrogens (tertiary/aromatic N) is 3. The monoisotopic (exact) mass is 563 g/mol. The first kappa shape index (κ1) is 26.8. The SMILES string of the molecule is CCn1nc(C2CC2)c2c1COCCCCn1c(C(=O)O)c(CCCOc3cccc4ccccc34)c3cccc-2c31. The van der Waals surface area contributed by atoms with Crippen LogP contribution in [0.5, 0.6) is 5.75 Å². The standard InChI is InChI=1S/C35H37N3O4/c1-2-38-29-22-41-20-6-5-19-37-33-26(13-8-14-28(33)31(29)32(36-38)24-17-18-24)27(34(37)35(39)40)15-9-21-42-30-16-7-11-23-10-3-4-12-25(23)30/h3-4,7-8,10-14,16,24H,2,5-6,9,15,17-22H2,1H3,(H,39,40). The molecule has 3 heterocycles. The Hall–Kier alpha value is -4.10. The molecule has 0 saturated heterocycles. The zero-order chi connectivity index (χ0) is 28.6. The highest BCUT2D eigenvalue weighted by atomic mass is 16.5. The quantitative estimate of drug-likeness (QED) is 0.197. The highest BCUT2D eigenvalue weighted by molar-refractivity contribution is 6.04. The lowest BCUT2D eigenvalue weighted by Gasteiger charge is -2.12. The molecule has 0 bridgehead atoms. The molecular formula is C35H37N3O4. The fourth-order valence-electron chi connectivity index (χ4n) is 6.66. The highest BCUT2D eigenvalue weighted by Crippen LogP contribution is 2.47. The molecule has 1 aliphatic heterocycles. The number of fused-ring (bicyclic) bond motifs is 3. The molecule has 7 heteroatoms. The van der Waals surface area contributed by atoms with Gasteiger partial charge >= 0.3 is 5.97 Å². The summed E-state index contributed by atoms with van der Waals surface area (Å²) >= 11 is 0. The number of carboxylic acids is 1. The van der Waals surface area contributed by atoms with Crippen molar-refractivity contribution in [2.75, 3.05) is 13.2 Å². The van der Waals surface area contributed by atoms with Gasteiger partial charge in [-0.2, -0.15) is 5.10 Å². The van der Waals surface area contributed by atoms with Crippen LogP contribution in [-0.4, -0.2) is 38.6 Å². The molecule has 7 nitrogen and oxygen atoms in total. The molecule has 2 aliphatic rings. The van der Waals surface area contributed by atoms with E-state index in [-0.39, 0.29) is 0 Å². The minimum absolute atomic E-state index is 0.403. The molecule has 0 amide bonds. The van der Waals surface area contributed by atoms with Gasteiger partial charge in [-0.3, -0.25) is 4.68 Å². The molecular weight excluding hydrogens is 526 g/mol. The van der Waals surface area contributed by atoms with Crippen molar-refractivity contribution >= 4 is 27.6 Å². The second-order valence-corrected chi connectivity index (χ2v) is 11.5. The van der Waals surface area contributed by atoms with Gasteiger partial charge in [-0.05, 0) is 62.5 Å². The van der Waals surface area contributed by atoms with Crippen LogP contribution in [0.25, 0.3) is 32.8 Å². The Balaban J connectivity index is 1.30. The molecule has 1 aliphatic carbocycles. The van der Waals surface area contributed by atoms with E-state index in [0.29, 0.717) is 50.8 Å². The van der Waals surface area contributed by atoms with Gasteiger partial charge in [-0.15, -0.1) is 0 Å². The lowest BCUT2D eigenvalue weighted by Crippen LogP contribution is -2.12. The summed E-state index contributed by atoms with van der Waals surface area (Å²) in [7, 11) is 0. The van der Waals surface area contributed by atoms with E-state index in [1.54, 1.807) is 0 Å². The fraction of sp³-hybridized carbons (Fsp3) is 0.371. The second kappa shape index (κ2) is 11.3. The van der Waals surface area contributed by atoms with E-state index in [9.17, 15) is 9.90 Å². The third-order valence-corrected chi connectivity index (χ3v) is 8.74. The number of benzene rings is 3. The van der Waals surface area contributed by atoms with Crippen molar-refractivity contribution in [2.45, 2.75) is 71.1 Å². The van der Waals surface area contributed by atoms with E-state index in [1.165, 1.54) is 0 Å². The largest absolute Gasteiger partial charge is 0.493 e. The van der Waals surface area contributed by atoms with Crippen LogP contribution in [0.1, 0.15) is 72.4 Å². The average molecular weight is 564 g/mol. The number of carboxylic acid groups (broad SMARTS) is 1. The summed E-state index contributed by atoms with van der Waals surface area (Å²) in [6, 6.07) is 20.6. The van der Waals surface area contributed by atoms with Crippen LogP contribution in [0.2, 0.25) is 0 Å². The summed E-state index contributed by atoms with van der Waals surface area (Å²) in [4.78, 5) is 12.9. The highest BCUT2D eigenvalue weighted by Gasteiger charge is 2.34. The molecule has 42 heavy (non-hydrogen) atoms. The molecule has 5 aromatic rings. The maximum Gasteiger partial charge on any atom is 0.352 e. The number of hydrogen-bond donors (Lipinski definition) is 1. The molecule has 1 saturated carbocycles. The van der Waals surface area contributed by atoms with E-state index < -0.39 is 5.97 Å². The molecule has 0 spiro atoms. The van der Waals surface area contributed by atoms with Crippen molar-refractivity contribution in [1.82, 2.24) is 14.3 Å². The summed E-state index contributed by atoms with van der Waals surface area (Å²) in [6.07, 6.45) is 5.36. The minimum Gasteiger partial charge on any atom is -0.493 e. The van der Waals surface area contributed by atoms with Crippen LogP contribution in [0.4, 0.5) is 0 Å². The van der Waals surface area contributed by atoms with E-state index in [1.807, 2.05) is 24.3 Å². The van der Waals surface area contributed by atoms with Gasteiger partial charge in [0, 0.05) is 47.5 Å². The zero-order valence-corrected chi connectivity index (χ0v) is 24.1. The van der Waals surface area contributed by atoms with Gasteiger partial charge in [0.25, 0.3) is 0 Å². The third-order valence-electron chi connectivity index (χ3n) is 8.74. The van der Waals surface area contributed by atoms with Crippen LogP contribution in [0, 0.1) is 0 Å². The van der Waals surface area contributed by atoms with Gasteiger partial charge in [-0.25, -0.2) is 4.79 Å². The lowest BCUT2D eigenvalue weighted by molar-refractivity contribution is 0.0683. The van der Waals surface area contributed by atoms with Crippen LogP contribution in [-0.2, 0) is 30.9 Å². The summed E-state index contributed by atoms with van der Waals surface area (Å²) in [5, 5.41) is 18.9. The number of hydrogen-bond acceptors (Lipinski definition) is 4. The smallest absolute Gasteiger partial charge is 0.352 e. The van der Waals surface area contributed by atoms with Gasteiger partial charge < -0.3 is 19.1 Å². The van der Waals surface area contributed by atoms with E-state index in [0.717, 1.165) is 87.7 Å². The molecule has 3 aromatic carbocycles. The summed E-state index contributed by atoms with van der Waals surface area (Å²) in [5.74, 6) is 0.445. The van der Waals surface area contributed by atoms with Crippen molar-refractivity contribution in [2.24, 2.45) is 0 Å². The van der Waals surface area contributed by atoms with Crippen molar-refractivity contribution in [3.05, 3.63) is 83.3 Å². The summed E-state index contributed by atoms with van der Waals surface area (Å²) < 4.78 is 16.6. The first-order chi connectivity index (χ1) is 20.7. The predicted molar refractivity (Wildman–Crippen MR) is 164 cm³/mol. The molecule has 0 radical (unpaired) electrons. The molecule has 216 valence electrons. The Morgan fingerprint density at radius 3 is 2.69 bits per heavy atom. The minimum atomic E-state index is -0.875. The van der Waals surface area contributed by atoms with Gasteiger partial charge in [0.1, 0.15) is 11.4 Å². The first-order valence-corrected chi connectivity index (χ1v) is 15.3. The average Bonchev–Trinajstić information content (AvgIpc) is 3.72. The number of ether oxygens (including phenoxy) is 2. The van der Waals surface area contributed by atoms with Crippen molar-refractivity contribution in [3.8, 4) is 16.9 Å². The number of aromatic nitrogens is 3. The molecule has 0 atom stereocenters. The molecule has 1 fully saturated rings. The maximum atomic E-state index is 12.9. The van der Waals surface area contributed by atoms with Crippen LogP contribution < -0.4 is 4.74 Å². The Kier molecular flexibility index (Phi) is 7.20. The molecule has 0 unspecified atom stereocenters. The predicted octanol–water partition coefficient (Wildman–Crippen LogP) is 7.58. The van der Waals surface area contributed by atoms with E-state index >= 15 is 0 Å². The maximum absolute atomic E-state index is 12.9.